The lowest BCUT2D eigenvalue weighted by Gasteiger charge is -2.11. The number of hydrogen-bond acceptors (Lipinski definition) is 6. The highest BCUT2D eigenvalue weighted by molar-refractivity contribution is 6.01. The van der Waals surface area contributed by atoms with Crippen molar-refractivity contribution in [1.82, 2.24) is 20.2 Å². The van der Waals surface area contributed by atoms with E-state index in [9.17, 15) is 4.79 Å². The first-order chi connectivity index (χ1) is 13.2. The zero-order chi connectivity index (χ0) is 18.8. The summed E-state index contributed by atoms with van der Waals surface area (Å²) in [5, 5.41) is 11.3. The van der Waals surface area contributed by atoms with Crippen LogP contribution in [0, 0.1) is 0 Å². The number of Topliss-reactive ketones (excluding diaryl/α,β-unsaturated/α-hetero) is 1. The van der Waals surface area contributed by atoms with Crippen LogP contribution in [0.5, 0.6) is 5.75 Å². The number of fused-ring (bicyclic) bond motifs is 1. The summed E-state index contributed by atoms with van der Waals surface area (Å²) in [5.74, 6) is 1.30. The molecule has 4 aromatic rings. The number of ether oxygens (including phenoxy) is 1. The lowest BCUT2D eigenvalue weighted by molar-refractivity contribution is 0.101. The van der Waals surface area contributed by atoms with Crippen LogP contribution >= 0.6 is 0 Å². The van der Waals surface area contributed by atoms with E-state index in [1.807, 2.05) is 42.5 Å². The second kappa shape index (κ2) is 6.87. The number of nitrogens with zero attached hydrogens (tertiary/aromatic N) is 3. The van der Waals surface area contributed by atoms with Crippen LogP contribution < -0.4 is 10.1 Å². The van der Waals surface area contributed by atoms with Gasteiger partial charge >= 0.3 is 0 Å². The molecule has 0 amide bonds. The number of ketones is 1. The molecule has 2 aromatic heterocycles. The Kier molecular flexibility index (Phi) is 4.25. The Bertz CT molecular complexity index is 1140. The maximum atomic E-state index is 11.7. The predicted octanol–water partition coefficient (Wildman–Crippen LogP) is 3.97. The molecule has 0 aliphatic carbocycles. The van der Waals surface area contributed by atoms with Crippen molar-refractivity contribution in [3.8, 4) is 17.0 Å². The highest BCUT2D eigenvalue weighted by Crippen LogP contribution is 2.34. The lowest BCUT2D eigenvalue weighted by atomic mass is 10.0. The number of H-pyrrole nitrogens is 1. The molecule has 7 heteroatoms. The minimum Gasteiger partial charge on any atom is -0.495 e. The van der Waals surface area contributed by atoms with Crippen LogP contribution in [0.15, 0.2) is 54.9 Å². The number of rotatable bonds is 5. The molecule has 2 heterocycles. The smallest absolute Gasteiger partial charge is 0.186 e. The van der Waals surface area contributed by atoms with Gasteiger partial charge in [0.2, 0.25) is 0 Å². The second-order valence-corrected chi connectivity index (χ2v) is 5.98. The Morgan fingerprint density at radius 1 is 1.11 bits per heavy atom. The number of hydrogen-bond donors (Lipinski definition) is 2. The molecule has 27 heavy (non-hydrogen) atoms. The van der Waals surface area contributed by atoms with Crippen molar-refractivity contribution in [3.05, 3.63) is 60.4 Å². The normalized spacial score (nSPS) is 10.7. The van der Waals surface area contributed by atoms with Gasteiger partial charge in [-0.05, 0) is 25.1 Å². The molecular formula is C20H17N5O2. The third kappa shape index (κ3) is 3.10. The first-order valence-corrected chi connectivity index (χ1v) is 8.38. The van der Waals surface area contributed by atoms with Gasteiger partial charge in [0.05, 0.1) is 23.9 Å². The van der Waals surface area contributed by atoms with Crippen molar-refractivity contribution in [1.29, 1.82) is 0 Å². The van der Waals surface area contributed by atoms with E-state index < -0.39 is 0 Å². The number of aromatic nitrogens is 4. The number of anilines is 2. The van der Waals surface area contributed by atoms with Gasteiger partial charge in [-0.15, -0.1) is 0 Å². The van der Waals surface area contributed by atoms with E-state index in [1.54, 1.807) is 20.1 Å². The minimum absolute atomic E-state index is 0.00397. The summed E-state index contributed by atoms with van der Waals surface area (Å²) < 4.78 is 5.40. The molecule has 0 fully saturated rings. The average molecular weight is 359 g/mol. The van der Waals surface area contributed by atoms with Crippen molar-refractivity contribution >= 4 is 28.3 Å². The fraction of sp³-hybridized carbons (Fsp3) is 0.100. The number of carbonyl (C=O) groups is 1. The van der Waals surface area contributed by atoms with Crippen LogP contribution in [-0.2, 0) is 0 Å². The van der Waals surface area contributed by atoms with Gasteiger partial charge in [-0.3, -0.25) is 9.89 Å². The topological polar surface area (TPSA) is 92.8 Å². The van der Waals surface area contributed by atoms with E-state index in [-0.39, 0.29) is 5.78 Å². The van der Waals surface area contributed by atoms with E-state index in [2.05, 4.69) is 25.5 Å². The van der Waals surface area contributed by atoms with Crippen molar-refractivity contribution in [2.24, 2.45) is 0 Å². The highest BCUT2D eigenvalue weighted by atomic mass is 16.5. The maximum absolute atomic E-state index is 11.7. The molecule has 0 bridgehead atoms. The number of benzene rings is 2. The molecule has 0 spiro atoms. The third-order valence-corrected chi connectivity index (χ3v) is 4.27. The Labute approximate surface area is 155 Å². The molecule has 0 unspecified atom stereocenters. The van der Waals surface area contributed by atoms with Gasteiger partial charge in [0.1, 0.15) is 17.9 Å². The molecular weight excluding hydrogens is 342 g/mol. The van der Waals surface area contributed by atoms with E-state index in [0.717, 1.165) is 22.3 Å². The van der Waals surface area contributed by atoms with Gasteiger partial charge in [-0.1, -0.05) is 30.3 Å². The van der Waals surface area contributed by atoms with Crippen LogP contribution in [0.4, 0.5) is 11.5 Å². The van der Waals surface area contributed by atoms with E-state index >= 15 is 0 Å². The second-order valence-electron chi connectivity index (χ2n) is 5.98. The van der Waals surface area contributed by atoms with Gasteiger partial charge < -0.3 is 10.1 Å². The Hall–Kier alpha value is -3.74. The summed E-state index contributed by atoms with van der Waals surface area (Å²) in [6.07, 6.45) is 1.46. The monoisotopic (exact) mass is 359 g/mol. The summed E-state index contributed by atoms with van der Waals surface area (Å²) in [5.41, 5.74) is 3.52. The zero-order valence-electron chi connectivity index (χ0n) is 14.9. The third-order valence-electron chi connectivity index (χ3n) is 4.27. The number of carbonyl (C=O) groups excluding carboxylic acids is 1. The minimum atomic E-state index is 0.00397. The number of aromatic amines is 1. The molecule has 0 atom stereocenters. The quantitative estimate of drug-likeness (QED) is 0.524. The Morgan fingerprint density at radius 2 is 1.96 bits per heavy atom. The average Bonchev–Trinajstić information content (AvgIpc) is 3.14. The van der Waals surface area contributed by atoms with E-state index in [4.69, 9.17) is 4.74 Å². The summed E-state index contributed by atoms with van der Waals surface area (Å²) in [7, 11) is 1.62. The van der Waals surface area contributed by atoms with Crippen molar-refractivity contribution in [3.63, 3.8) is 0 Å². The maximum Gasteiger partial charge on any atom is 0.186 e. The number of methoxy groups -OCH3 is 1. The molecule has 0 aliphatic heterocycles. The van der Waals surface area contributed by atoms with E-state index in [0.29, 0.717) is 22.8 Å². The molecule has 2 aromatic carbocycles. The van der Waals surface area contributed by atoms with Crippen LogP contribution in [0.1, 0.15) is 17.3 Å². The van der Waals surface area contributed by atoms with Gasteiger partial charge in [-0.25, -0.2) is 9.97 Å². The van der Waals surface area contributed by atoms with Gasteiger partial charge in [0, 0.05) is 11.1 Å². The molecule has 134 valence electrons. The zero-order valence-corrected chi connectivity index (χ0v) is 14.9. The van der Waals surface area contributed by atoms with Crippen LogP contribution in [0.3, 0.4) is 0 Å². The SMILES string of the molecule is COc1ccccc1Nc1ncnc2n[nH]c(-c3cccc(C(C)=O)c3)c12. The summed E-state index contributed by atoms with van der Waals surface area (Å²) in [6, 6.07) is 15.0. The summed E-state index contributed by atoms with van der Waals surface area (Å²) >= 11 is 0. The number of para-hydroxylation sites is 2. The summed E-state index contributed by atoms with van der Waals surface area (Å²) in [6.45, 7) is 1.54. The van der Waals surface area contributed by atoms with Crippen LogP contribution in [0.25, 0.3) is 22.3 Å². The Morgan fingerprint density at radius 3 is 2.78 bits per heavy atom. The molecule has 0 aliphatic rings. The van der Waals surface area contributed by atoms with Crippen LogP contribution in [-0.4, -0.2) is 33.1 Å². The van der Waals surface area contributed by atoms with Gasteiger partial charge in [0.25, 0.3) is 0 Å². The van der Waals surface area contributed by atoms with Gasteiger partial charge in [0.15, 0.2) is 11.4 Å². The molecule has 2 N–H and O–H groups in total. The first-order valence-electron chi connectivity index (χ1n) is 8.38. The summed E-state index contributed by atoms with van der Waals surface area (Å²) in [4.78, 5) is 20.4. The van der Waals surface area contributed by atoms with E-state index in [1.165, 1.54) is 6.33 Å². The number of nitrogens with one attached hydrogen (secondary N) is 2. The van der Waals surface area contributed by atoms with Crippen LogP contribution in [0.2, 0.25) is 0 Å². The Balaban J connectivity index is 1.85. The predicted molar refractivity (Wildman–Crippen MR) is 103 cm³/mol. The lowest BCUT2D eigenvalue weighted by Crippen LogP contribution is -1.98. The molecule has 7 nitrogen and oxygen atoms in total. The van der Waals surface area contributed by atoms with Crippen molar-refractivity contribution in [2.45, 2.75) is 6.92 Å². The molecule has 0 saturated heterocycles. The highest BCUT2D eigenvalue weighted by Gasteiger charge is 2.16. The van der Waals surface area contributed by atoms with Crippen molar-refractivity contribution < 1.29 is 9.53 Å². The standard InChI is InChI=1S/C20H17N5O2/c1-12(26)13-6-5-7-14(10-13)18-17-19(21-11-22-20(17)25-24-18)23-15-8-3-4-9-16(15)27-2/h3-11H,1-2H3,(H2,21,22,23,24,25). The molecule has 4 rings (SSSR count). The van der Waals surface area contributed by atoms with Gasteiger partial charge in [-0.2, -0.15) is 5.10 Å². The molecule has 0 saturated carbocycles. The largest absolute Gasteiger partial charge is 0.495 e. The first kappa shape index (κ1) is 16.7. The van der Waals surface area contributed by atoms with Crippen molar-refractivity contribution in [2.75, 3.05) is 12.4 Å². The molecule has 0 radical (unpaired) electrons. The fourth-order valence-electron chi connectivity index (χ4n) is 2.93. The fourth-order valence-corrected chi connectivity index (χ4v) is 2.93.